The summed E-state index contributed by atoms with van der Waals surface area (Å²) in [7, 11) is 1.97. The van der Waals surface area contributed by atoms with Crippen LogP contribution in [-0.2, 0) is 7.05 Å². The number of hydrogen-bond donors (Lipinski definition) is 2. The minimum absolute atomic E-state index is 0.112. The van der Waals surface area contributed by atoms with Gasteiger partial charge in [-0.15, -0.1) is 0 Å². The molecule has 0 saturated heterocycles. The smallest absolute Gasteiger partial charge is 0.167 e. The third kappa shape index (κ3) is 4.19. The summed E-state index contributed by atoms with van der Waals surface area (Å²) in [6.45, 7) is 2.95. The van der Waals surface area contributed by atoms with Crippen molar-refractivity contribution >= 4 is 28.9 Å². The molecule has 0 aliphatic rings. The maximum atomic E-state index is 5.97. The highest BCUT2D eigenvalue weighted by Gasteiger charge is 2.19. The van der Waals surface area contributed by atoms with Crippen molar-refractivity contribution in [3.63, 3.8) is 0 Å². The van der Waals surface area contributed by atoms with Crippen molar-refractivity contribution in [2.24, 2.45) is 7.05 Å². The van der Waals surface area contributed by atoms with Gasteiger partial charge in [0.2, 0.25) is 0 Å². The van der Waals surface area contributed by atoms with E-state index in [1.54, 1.807) is 6.20 Å². The van der Waals surface area contributed by atoms with E-state index in [0.717, 1.165) is 24.4 Å². The summed E-state index contributed by atoms with van der Waals surface area (Å²) < 4.78 is 1.98. The van der Waals surface area contributed by atoms with Gasteiger partial charge in [0.1, 0.15) is 11.9 Å². The predicted octanol–water partition coefficient (Wildman–Crippen LogP) is 3.04. The number of nitrogens with one attached hydrogen (secondary N) is 2. The van der Waals surface area contributed by atoms with Gasteiger partial charge in [0.25, 0.3) is 0 Å². The number of imidazole rings is 1. The van der Waals surface area contributed by atoms with E-state index in [-0.39, 0.29) is 6.04 Å². The fraction of sp³-hybridized carbons (Fsp3) is 0.333. The Bertz CT molecular complexity index is 594. The Morgan fingerprint density at radius 2 is 2.10 bits per heavy atom. The van der Waals surface area contributed by atoms with Crippen LogP contribution in [0.25, 0.3) is 0 Å². The van der Waals surface area contributed by atoms with Gasteiger partial charge in [-0.05, 0) is 36.3 Å². The van der Waals surface area contributed by atoms with Crippen LogP contribution in [0.2, 0.25) is 5.02 Å². The van der Waals surface area contributed by atoms with Gasteiger partial charge in [-0.25, -0.2) is 4.98 Å². The molecule has 112 valence electrons. The van der Waals surface area contributed by atoms with Crippen LogP contribution in [0.5, 0.6) is 0 Å². The number of nitrogens with zero attached hydrogens (tertiary/aromatic N) is 2. The summed E-state index contributed by atoms with van der Waals surface area (Å²) in [5, 5.41) is 7.84. The molecule has 1 heterocycles. The number of rotatable bonds is 5. The molecule has 0 radical (unpaired) electrons. The van der Waals surface area contributed by atoms with Crippen molar-refractivity contribution in [3.05, 3.63) is 53.1 Å². The Labute approximate surface area is 135 Å². The number of aromatic nitrogens is 2. The van der Waals surface area contributed by atoms with E-state index < -0.39 is 0 Å². The fourth-order valence-corrected chi connectivity index (χ4v) is 2.37. The average molecular weight is 323 g/mol. The van der Waals surface area contributed by atoms with Gasteiger partial charge in [-0.3, -0.25) is 0 Å². The zero-order valence-corrected chi connectivity index (χ0v) is 13.7. The maximum absolute atomic E-state index is 5.97. The van der Waals surface area contributed by atoms with Gasteiger partial charge in [0, 0.05) is 31.0 Å². The average Bonchev–Trinajstić information content (AvgIpc) is 2.89. The van der Waals surface area contributed by atoms with E-state index >= 15 is 0 Å². The molecule has 0 saturated carbocycles. The monoisotopic (exact) mass is 322 g/mol. The second-order valence-corrected chi connectivity index (χ2v) is 5.63. The van der Waals surface area contributed by atoms with E-state index in [2.05, 4.69) is 22.5 Å². The Morgan fingerprint density at radius 3 is 2.67 bits per heavy atom. The molecule has 2 N–H and O–H groups in total. The molecule has 0 aliphatic heterocycles. The zero-order chi connectivity index (χ0) is 15.2. The van der Waals surface area contributed by atoms with Crippen LogP contribution >= 0.6 is 23.8 Å². The highest BCUT2D eigenvalue weighted by molar-refractivity contribution is 7.80. The third-order valence-electron chi connectivity index (χ3n) is 3.13. The molecule has 1 aromatic carbocycles. The molecule has 0 spiro atoms. The molecule has 0 amide bonds. The van der Waals surface area contributed by atoms with Gasteiger partial charge >= 0.3 is 0 Å². The first kappa shape index (κ1) is 15.8. The van der Waals surface area contributed by atoms with Crippen molar-refractivity contribution in [3.8, 4) is 0 Å². The molecule has 21 heavy (non-hydrogen) atoms. The van der Waals surface area contributed by atoms with Gasteiger partial charge in [-0.1, -0.05) is 30.7 Å². The first-order valence-electron chi connectivity index (χ1n) is 6.89. The number of halogens is 1. The summed E-state index contributed by atoms with van der Waals surface area (Å²) in [6.07, 6.45) is 4.72. The van der Waals surface area contributed by atoms with Gasteiger partial charge in [-0.2, -0.15) is 0 Å². The van der Waals surface area contributed by atoms with Crippen LogP contribution in [0.4, 0.5) is 0 Å². The highest BCUT2D eigenvalue weighted by atomic mass is 35.5. The third-order valence-corrected chi connectivity index (χ3v) is 3.65. The van der Waals surface area contributed by atoms with Crippen LogP contribution in [-0.4, -0.2) is 21.2 Å². The maximum Gasteiger partial charge on any atom is 0.167 e. The van der Waals surface area contributed by atoms with Crippen LogP contribution in [0.1, 0.15) is 30.8 Å². The summed E-state index contributed by atoms with van der Waals surface area (Å²) in [5.74, 6) is 0.901. The molecule has 0 aliphatic carbocycles. The molecule has 0 unspecified atom stereocenters. The van der Waals surface area contributed by atoms with E-state index in [9.17, 15) is 0 Å². The lowest BCUT2D eigenvalue weighted by Gasteiger charge is -2.21. The van der Waals surface area contributed by atoms with Crippen LogP contribution in [0.15, 0.2) is 36.7 Å². The van der Waals surface area contributed by atoms with Crippen LogP contribution in [0, 0.1) is 0 Å². The Morgan fingerprint density at radius 1 is 1.38 bits per heavy atom. The number of hydrogen-bond acceptors (Lipinski definition) is 2. The van der Waals surface area contributed by atoms with Crippen molar-refractivity contribution in [2.75, 3.05) is 6.54 Å². The summed E-state index contributed by atoms with van der Waals surface area (Å²) in [6, 6.07) is 7.60. The van der Waals surface area contributed by atoms with Crippen molar-refractivity contribution in [1.29, 1.82) is 0 Å². The minimum Gasteiger partial charge on any atom is -0.363 e. The molecular formula is C15H19ClN4S. The number of aryl methyl sites for hydroxylation is 1. The minimum atomic E-state index is -0.112. The molecule has 4 nitrogen and oxygen atoms in total. The second kappa shape index (κ2) is 7.43. The van der Waals surface area contributed by atoms with Crippen LogP contribution < -0.4 is 10.6 Å². The van der Waals surface area contributed by atoms with E-state index in [1.807, 2.05) is 42.1 Å². The lowest BCUT2D eigenvalue weighted by Crippen LogP contribution is -2.39. The molecule has 1 atom stereocenters. The van der Waals surface area contributed by atoms with Crippen molar-refractivity contribution < 1.29 is 0 Å². The highest BCUT2D eigenvalue weighted by Crippen LogP contribution is 2.22. The Kier molecular flexibility index (Phi) is 5.59. The van der Waals surface area contributed by atoms with Gasteiger partial charge in [0.15, 0.2) is 5.11 Å². The largest absolute Gasteiger partial charge is 0.363 e. The van der Waals surface area contributed by atoms with E-state index in [0.29, 0.717) is 10.1 Å². The Hall–Kier alpha value is -1.59. The SMILES string of the molecule is CCCNC(=S)N[C@H](c1ccc(Cl)cc1)c1nccn1C. The van der Waals surface area contributed by atoms with Gasteiger partial charge in [0.05, 0.1) is 0 Å². The summed E-state index contributed by atoms with van der Waals surface area (Å²) in [5.41, 5.74) is 1.06. The molecule has 6 heteroatoms. The van der Waals surface area contributed by atoms with Gasteiger partial charge < -0.3 is 15.2 Å². The van der Waals surface area contributed by atoms with E-state index in [4.69, 9.17) is 23.8 Å². The number of thiocarbonyl (C=S) groups is 1. The first-order chi connectivity index (χ1) is 10.1. The quantitative estimate of drug-likeness (QED) is 0.830. The fourth-order valence-electron chi connectivity index (χ4n) is 2.03. The van der Waals surface area contributed by atoms with Crippen molar-refractivity contribution in [1.82, 2.24) is 20.2 Å². The van der Waals surface area contributed by atoms with Crippen LogP contribution in [0.3, 0.4) is 0 Å². The molecule has 2 aromatic rings. The second-order valence-electron chi connectivity index (χ2n) is 4.78. The topological polar surface area (TPSA) is 41.9 Å². The molecular weight excluding hydrogens is 304 g/mol. The number of benzene rings is 1. The zero-order valence-electron chi connectivity index (χ0n) is 12.1. The summed E-state index contributed by atoms with van der Waals surface area (Å²) >= 11 is 11.3. The predicted molar refractivity (Wildman–Crippen MR) is 90.5 cm³/mol. The molecule has 0 bridgehead atoms. The lowest BCUT2D eigenvalue weighted by atomic mass is 10.1. The Balaban J connectivity index is 2.25. The molecule has 2 rings (SSSR count). The lowest BCUT2D eigenvalue weighted by molar-refractivity contribution is 0.650. The van der Waals surface area contributed by atoms with E-state index in [1.165, 1.54) is 0 Å². The standard InChI is InChI=1S/C15H19ClN4S/c1-3-8-18-15(21)19-13(14-17-9-10-20(14)2)11-4-6-12(16)7-5-11/h4-7,9-10,13H,3,8H2,1-2H3,(H2,18,19,21)/t13-/m1/s1. The normalized spacial score (nSPS) is 12.0. The van der Waals surface area contributed by atoms with Crippen molar-refractivity contribution in [2.45, 2.75) is 19.4 Å². The summed E-state index contributed by atoms with van der Waals surface area (Å²) in [4.78, 5) is 4.43. The molecule has 0 fully saturated rings. The molecule has 1 aromatic heterocycles. The first-order valence-corrected chi connectivity index (χ1v) is 7.67.